The average Bonchev–Trinajstić information content (AvgIpc) is 2.13. The molecule has 3 heteroatoms. The third kappa shape index (κ3) is 1.53. The number of aliphatic imine (C=N–C) groups is 1. The monoisotopic (exact) mass is 123 g/mol. The molecule has 0 aromatic heterocycles. The number of aldehydes is 1. The quantitative estimate of drug-likeness (QED) is 0.480. The second kappa shape index (κ2) is 2.81. The van der Waals surface area contributed by atoms with Crippen LogP contribution in [0.15, 0.2) is 29.3 Å². The second-order valence-corrected chi connectivity index (χ2v) is 1.39. The Hall–Kier alpha value is -1.38. The van der Waals surface area contributed by atoms with Gasteiger partial charge in [0, 0.05) is 12.3 Å². The topological polar surface area (TPSA) is 38.7 Å². The number of carbonyl (C=O) groups excluding carboxylic acids is 1. The van der Waals surface area contributed by atoms with Crippen molar-refractivity contribution in [1.82, 2.24) is 0 Å². The summed E-state index contributed by atoms with van der Waals surface area (Å²) in [5.41, 5.74) is 0. The van der Waals surface area contributed by atoms with Crippen LogP contribution in [0.5, 0.6) is 0 Å². The van der Waals surface area contributed by atoms with Crippen molar-refractivity contribution in [1.29, 1.82) is 0 Å². The van der Waals surface area contributed by atoms with Gasteiger partial charge < -0.3 is 4.74 Å². The van der Waals surface area contributed by atoms with E-state index >= 15 is 0 Å². The van der Waals surface area contributed by atoms with Crippen LogP contribution in [-0.2, 0) is 9.53 Å². The van der Waals surface area contributed by atoms with Crippen molar-refractivity contribution >= 4 is 12.5 Å². The van der Waals surface area contributed by atoms with Crippen LogP contribution in [0.4, 0.5) is 0 Å². The molecule has 9 heavy (non-hydrogen) atoms. The van der Waals surface area contributed by atoms with Gasteiger partial charge in [0.05, 0.1) is 6.20 Å². The van der Waals surface area contributed by atoms with E-state index in [0.717, 1.165) is 0 Å². The van der Waals surface area contributed by atoms with Gasteiger partial charge >= 0.3 is 0 Å². The fourth-order valence-corrected chi connectivity index (χ4v) is 0.417. The Labute approximate surface area is 52.3 Å². The predicted octanol–water partition coefficient (Wildman–Crippen LogP) is 0.641. The van der Waals surface area contributed by atoms with Crippen molar-refractivity contribution in [3.63, 3.8) is 0 Å². The summed E-state index contributed by atoms with van der Waals surface area (Å²) >= 11 is 0. The van der Waals surface area contributed by atoms with E-state index in [1.165, 1.54) is 24.8 Å². The van der Waals surface area contributed by atoms with Crippen molar-refractivity contribution in [3.8, 4) is 0 Å². The molecule has 0 aromatic carbocycles. The van der Waals surface area contributed by atoms with Gasteiger partial charge in [-0.1, -0.05) is 0 Å². The highest BCUT2D eigenvalue weighted by atomic mass is 16.5. The molecule has 46 valence electrons. The lowest BCUT2D eigenvalue weighted by Gasteiger charge is -1.90. The van der Waals surface area contributed by atoms with Crippen molar-refractivity contribution in [3.05, 3.63) is 24.3 Å². The summed E-state index contributed by atoms with van der Waals surface area (Å²) in [5, 5.41) is 0. The van der Waals surface area contributed by atoms with Crippen molar-refractivity contribution in [2.45, 2.75) is 0 Å². The molecule has 0 amide bonds. The number of carbonyl (C=O) groups is 1. The van der Waals surface area contributed by atoms with Crippen LogP contribution in [0.1, 0.15) is 0 Å². The van der Waals surface area contributed by atoms with Gasteiger partial charge in [-0.15, -0.1) is 0 Å². The minimum absolute atomic E-state index is 0.271. The van der Waals surface area contributed by atoms with Gasteiger partial charge in [0.2, 0.25) is 0 Å². The lowest BCUT2D eigenvalue weighted by molar-refractivity contribution is -0.107. The van der Waals surface area contributed by atoms with Crippen LogP contribution in [0.2, 0.25) is 0 Å². The number of ether oxygens (including phenoxy) is 1. The van der Waals surface area contributed by atoms with Crippen molar-refractivity contribution < 1.29 is 9.53 Å². The molecule has 0 aliphatic carbocycles. The summed E-state index contributed by atoms with van der Waals surface area (Å²) in [6.07, 6.45) is 6.43. The third-order valence-corrected chi connectivity index (χ3v) is 0.792. The van der Waals surface area contributed by atoms with Gasteiger partial charge in [-0.2, -0.15) is 0 Å². The first-order chi connectivity index (χ1) is 4.43. The lowest BCUT2D eigenvalue weighted by atomic mass is 10.5. The molecule has 0 saturated heterocycles. The zero-order valence-corrected chi connectivity index (χ0v) is 4.65. The van der Waals surface area contributed by atoms with Crippen LogP contribution in [-0.4, -0.2) is 12.5 Å². The van der Waals surface area contributed by atoms with Crippen molar-refractivity contribution in [2.75, 3.05) is 0 Å². The summed E-state index contributed by atoms with van der Waals surface area (Å²) < 4.78 is 4.74. The summed E-state index contributed by atoms with van der Waals surface area (Å²) in [6, 6.07) is 0. The lowest BCUT2D eigenvalue weighted by Crippen LogP contribution is -1.84. The molecule has 0 saturated carbocycles. The highest BCUT2D eigenvalue weighted by Crippen LogP contribution is 1.95. The predicted molar refractivity (Wildman–Crippen MR) is 32.9 cm³/mol. The normalized spacial score (nSPS) is 15.8. The van der Waals surface area contributed by atoms with E-state index in [0.29, 0.717) is 6.29 Å². The maximum atomic E-state index is 10.0. The largest absolute Gasteiger partial charge is 0.460 e. The number of nitrogens with zero attached hydrogens (tertiary/aromatic N) is 1. The first kappa shape index (κ1) is 5.75. The van der Waals surface area contributed by atoms with E-state index < -0.39 is 0 Å². The fraction of sp³-hybridized carbons (Fsp3) is 0. The van der Waals surface area contributed by atoms with Gasteiger partial charge in [-0.05, 0) is 0 Å². The van der Waals surface area contributed by atoms with Crippen LogP contribution in [0.25, 0.3) is 0 Å². The zero-order chi connectivity index (χ0) is 6.53. The standard InChI is InChI=1S/C6H5NO2/c8-5-6-1-2-7-3-4-9-6/h1-5H. The number of hydrogen-bond donors (Lipinski definition) is 0. The minimum Gasteiger partial charge on any atom is -0.460 e. The molecular formula is C6H5NO2. The second-order valence-electron chi connectivity index (χ2n) is 1.39. The Morgan fingerprint density at radius 2 is 2.56 bits per heavy atom. The van der Waals surface area contributed by atoms with Crippen LogP contribution >= 0.6 is 0 Å². The summed E-state index contributed by atoms with van der Waals surface area (Å²) in [4.78, 5) is 13.7. The Morgan fingerprint density at radius 3 is 3.33 bits per heavy atom. The van der Waals surface area contributed by atoms with Gasteiger partial charge in [0.1, 0.15) is 6.26 Å². The van der Waals surface area contributed by atoms with Crippen molar-refractivity contribution in [2.24, 2.45) is 4.99 Å². The molecule has 0 atom stereocenters. The van der Waals surface area contributed by atoms with E-state index in [-0.39, 0.29) is 5.76 Å². The molecule has 1 aliphatic rings. The SMILES string of the molecule is O=CC1=CC=NC=CO1. The zero-order valence-electron chi connectivity index (χ0n) is 4.65. The Kier molecular flexibility index (Phi) is 1.80. The first-order valence-corrected chi connectivity index (χ1v) is 2.44. The molecule has 3 nitrogen and oxygen atoms in total. The molecule has 1 aliphatic heterocycles. The molecule has 1 heterocycles. The number of hydrogen-bond acceptors (Lipinski definition) is 3. The van der Waals surface area contributed by atoms with Crippen LogP contribution < -0.4 is 0 Å². The van der Waals surface area contributed by atoms with E-state index in [9.17, 15) is 4.79 Å². The van der Waals surface area contributed by atoms with Crippen LogP contribution in [0.3, 0.4) is 0 Å². The van der Waals surface area contributed by atoms with E-state index in [1.807, 2.05) is 0 Å². The maximum absolute atomic E-state index is 10.0. The molecule has 0 radical (unpaired) electrons. The van der Waals surface area contributed by atoms with Gasteiger partial charge in [-0.25, -0.2) is 0 Å². The molecule has 0 spiro atoms. The first-order valence-electron chi connectivity index (χ1n) is 2.44. The molecule has 0 N–H and O–H groups in total. The smallest absolute Gasteiger partial charge is 0.185 e. The highest BCUT2D eigenvalue weighted by molar-refractivity contribution is 5.82. The average molecular weight is 123 g/mol. The summed E-state index contributed by atoms with van der Waals surface area (Å²) in [6.45, 7) is 0. The maximum Gasteiger partial charge on any atom is 0.185 e. The van der Waals surface area contributed by atoms with E-state index in [4.69, 9.17) is 4.74 Å². The highest BCUT2D eigenvalue weighted by Gasteiger charge is 1.91. The minimum atomic E-state index is 0.271. The van der Waals surface area contributed by atoms with E-state index in [2.05, 4.69) is 4.99 Å². The van der Waals surface area contributed by atoms with E-state index in [1.54, 1.807) is 0 Å². The molecular weight excluding hydrogens is 118 g/mol. The molecule has 0 fully saturated rings. The van der Waals surface area contributed by atoms with Crippen LogP contribution in [0, 0.1) is 0 Å². The Morgan fingerprint density at radius 1 is 1.67 bits per heavy atom. The molecule has 0 aromatic rings. The van der Waals surface area contributed by atoms with Gasteiger partial charge in [0.15, 0.2) is 12.0 Å². The Bertz CT molecular complexity index is 191. The van der Waals surface area contributed by atoms with Gasteiger partial charge in [-0.3, -0.25) is 9.79 Å². The number of allylic oxidation sites excluding steroid dienone is 2. The number of rotatable bonds is 1. The summed E-state index contributed by atoms with van der Waals surface area (Å²) in [5.74, 6) is 0.271. The summed E-state index contributed by atoms with van der Waals surface area (Å²) in [7, 11) is 0. The Balaban J connectivity index is 2.73. The third-order valence-electron chi connectivity index (χ3n) is 0.792. The fourth-order valence-electron chi connectivity index (χ4n) is 0.417. The molecule has 0 bridgehead atoms. The molecule has 1 rings (SSSR count). The van der Waals surface area contributed by atoms with Gasteiger partial charge in [0.25, 0.3) is 0 Å². The molecule has 0 unspecified atom stereocenters.